The van der Waals surface area contributed by atoms with Gasteiger partial charge in [0.2, 0.25) is 11.8 Å². The van der Waals surface area contributed by atoms with Crippen LogP contribution in [0.5, 0.6) is 5.88 Å². The van der Waals surface area contributed by atoms with Crippen molar-refractivity contribution in [3.05, 3.63) is 23.9 Å². The molecule has 1 amide bonds. The molecule has 106 valence electrons. The molecule has 0 aliphatic heterocycles. The molecule has 5 nitrogen and oxygen atoms in total. The van der Waals surface area contributed by atoms with Crippen molar-refractivity contribution >= 4 is 5.91 Å². The maximum absolute atomic E-state index is 11.8. The smallest absolute Gasteiger partial charge is 0.405 e. The van der Waals surface area contributed by atoms with Gasteiger partial charge in [-0.15, -0.1) is 0 Å². The minimum atomic E-state index is -4.39. The number of nitrogens with zero attached hydrogens (tertiary/aromatic N) is 1. The number of nitrogens with one attached hydrogen (secondary N) is 2. The van der Waals surface area contributed by atoms with Crippen LogP contribution in [0, 0.1) is 0 Å². The fourth-order valence-electron chi connectivity index (χ4n) is 1.25. The molecular formula is C11H14F3N3O2. The van der Waals surface area contributed by atoms with Gasteiger partial charge in [0.25, 0.3) is 0 Å². The summed E-state index contributed by atoms with van der Waals surface area (Å²) < 4.78 is 40.4. The number of alkyl halides is 3. The molecule has 0 bridgehead atoms. The van der Waals surface area contributed by atoms with E-state index in [1.54, 1.807) is 23.6 Å². The highest BCUT2D eigenvalue weighted by Gasteiger charge is 2.27. The van der Waals surface area contributed by atoms with E-state index in [1.807, 2.05) is 0 Å². The van der Waals surface area contributed by atoms with E-state index in [9.17, 15) is 18.0 Å². The highest BCUT2D eigenvalue weighted by Crippen LogP contribution is 2.12. The molecule has 0 atom stereocenters. The number of ether oxygens (including phenoxy) is 1. The third-order valence-electron chi connectivity index (χ3n) is 2.11. The molecule has 0 saturated carbocycles. The lowest BCUT2D eigenvalue weighted by molar-refractivity contribution is -0.137. The fourth-order valence-corrected chi connectivity index (χ4v) is 1.25. The molecule has 1 rings (SSSR count). The Balaban J connectivity index is 2.28. The number of hydrogen-bond donors (Lipinski definition) is 2. The van der Waals surface area contributed by atoms with Crippen LogP contribution < -0.4 is 15.4 Å². The minimum absolute atomic E-state index is 0.194. The van der Waals surface area contributed by atoms with Crippen LogP contribution in [0.2, 0.25) is 0 Å². The van der Waals surface area contributed by atoms with Crippen molar-refractivity contribution in [3.63, 3.8) is 0 Å². The first-order valence-corrected chi connectivity index (χ1v) is 5.44. The van der Waals surface area contributed by atoms with Gasteiger partial charge in [-0.1, -0.05) is 0 Å². The zero-order valence-corrected chi connectivity index (χ0v) is 10.3. The first kappa shape index (κ1) is 15.2. The van der Waals surface area contributed by atoms with Crippen molar-refractivity contribution < 1.29 is 22.7 Å². The van der Waals surface area contributed by atoms with Crippen molar-refractivity contribution in [2.24, 2.45) is 0 Å². The first-order chi connectivity index (χ1) is 8.90. The van der Waals surface area contributed by atoms with Crippen LogP contribution in [0.1, 0.15) is 5.56 Å². The highest BCUT2D eigenvalue weighted by molar-refractivity contribution is 5.77. The molecule has 0 aliphatic carbocycles. The number of hydrogen-bond acceptors (Lipinski definition) is 4. The average Bonchev–Trinajstić information content (AvgIpc) is 2.36. The number of halogens is 3. The molecule has 1 heterocycles. The van der Waals surface area contributed by atoms with Gasteiger partial charge in [-0.05, 0) is 11.6 Å². The summed E-state index contributed by atoms with van der Waals surface area (Å²) in [6.45, 7) is -1.18. The molecule has 0 unspecified atom stereocenters. The van der Waals surface area contributed by atoms with Crippen LogP contribution in [0.15, 0.2) is 18.3 Å². The Bertz CT molecular complexity index is 424. The lowest BCUT2D eigenvalue weighted by atomic mass is 10.2. The van der Waals surface area contributed by atoms with Crippen molar-refractivity contribution in [2.75, 3.05) is 20.2 Å². The highest BCUT2D eigenvalue weighted by atomic mass is 19.4. The fraction of sp³-hybridized carbons (Fsp3) is 0.455. The maximum atomic E-state index is 11.8. The summed E-state index contributed by atoms with van der Waals surface area (Å²) in [5.41, 5.74) is 0.815. The van der Waals surface area contributed by atoms with E-state index < -0.39 is 18.6 Å². The monoisotopic (exact) mass is 277 g/mol. The summed E-state index contributed by atoms with van der Waals surface area (Å²) in [6.07, 6.45) is -2.85. The number of methoxy groups -OCH3 is 1. The average molecular weight is 277 g/mol. The van der Waals surface area contributed by atoms with E-state index in [0.717, 1.165) is 5.56 Å². The minimum Gasteiger partial charge on any atom is -0.481 e. The molecule has 1 aromatic rings. The van der Waals surface area contributed by atoms with Crippen molar-refractivity contribution in [1.82, 2.24) is 15.6 Å². The molecule has 0 aromatic carbocycles. The summed E-state index contributed by atoms with van der Waals surface area (Å²) in [7, 11) is 1.48. The molecule has 0 radical (unpaired) electrons. The van der Waals surface area contributed by atoms with Crippen LogP contribution in [0.4, 0.5) is 13.2 Å². The number of aromatic nitrogens is 1. The van der Waals surface area contributed by atoms with E-state index in [1.165, 1.54) is 7.11 Å². The largest absolute Gasteiger partial charge is 0.481 e. The van der Waals surface area contributed by atoms with Gasteiger partial charge in [-0.2, -0.15) is 13.2 Å². The van der Waals surface area contributed by atoms with Crippen molar-refractivity contribution in [1.29, 1.82) is 0 Å². The summed E-state index contributed by atoms with van der Waals surface area (Å²) in [6, 6.07) is 3.38. The van der Waals surface area contributed by atoms with Crippen molar-refractivity contribution in [2.45, 2.75) is 12.7 Å². The second-order valence-corrected chi connectivity index (χ2v) is 3.70. The number of amides is 1. The summed E-state index contributed by atoms with van der Waals surface area (Å²) in [5, 5.41) is 4.49. The zero-order chi connectivity index (χ0) is 14.3. The number of rotatable bonds is 6. The Morgan fingerprint density at radius 3 is 2.84 bits per heavy atom. The zero-order valence-electron chi connectivity index (χ0n) is 10.3. The topological polar surface area (TPSA) is 63.2 Å². The standard InChI is InChI=1S/C11H14F3N3O2/c1-19-10-4-8(2-3-16-10)5-15-6-9(18)17-7-11(12,13)14/h2-4,15H,5-7H2,1H3,(H,17,18). The van der Waals surface area contributed by atoms with Gasteiger partial charge in [-0.25, -0.2) is 4.98 Å². The Labute approximate surface area is 108 Å². The van der Waals surface area contributed by atoms with Crippen LogP contribution >= 0.6 is 0 Å². The molecular weight excluding hydrogens is 263 g/mol. The van der Waals surface area contributed by atoms with Gasteiger partial charge < -0.3 is 15.4 Å². The van der Waals surface area contributed by atoms with Gasteiger partial charge in [-0.3, -0.25) is 4.79 Å². The van der Waals surface area contributed by atoms with E-state index in [2.05, 4.69) is 10.3 Å². The quantitative estimate of drug-likeness (QED) is 0.809. The molecule has 0 fully saturated rings. The first-order valence-electron chi connectivity index (χ1n) is 5.44. The van der Waals surface area contributed by atoms with Gasteiger partial charge in [0, 0.05) is 18.8 Å². The van der Waals surface area contributed by atoms with E-state index in [4.69, 9.17) is 4.74 Å². The molecule has 0 aliphatic rings. The van der Waals surface area contributed by atoms with Gasteiger partial charge >= 0.3 is 6.18 Å². The second-order valence-electron chi connectivity index (χ2n) is 3.70. The normalized spacial score (nSPS) is 11.2. The van der Waals surface area contributed by atoms with Crippen molar-refractivity contribution in [3.8, 4) is 5.88 Å². The molecule has 19 heavy (non-hydrogen) atoms. The predicted molar refractivity (Wildman–Crippen MR) is 61.6 cm³/mol. The van der Waals surface area contributed by atoms with Gasteiger partial charge in [0.05, 0.1) is 13.7 Å². The summed E-state index contributed by atoms with van der Waals surface area (Å²) >= 11 is 0. The summed E-state index contributed by atoms with van der Waals surface area (Å²) in [4.78, 5) is 15.0. The molecule has 1 aromatic heterocycles. The van der Waals surface area contributed by atoms with Crippen LogP contribution in [0.25, 0.3) is 0 Å². The Morgan fingerprint density at radius 2 is 2.21 bits per heavy atom. The van der Waals surface area contributed by atoms with E-state index in [0.29, 0.717) is 12.4 Å². The van der Waals surface area contributed by atoms with Crippen LogP contribution in [0.3, 0.4) is 0 Å². The Hall–Kier alpha value is -1.83. The maximum Gasteiger partial charge on any atom is 0.405 e. The lowest BCUT2D eigenvalue weighted by Gasteiger charge is -2.09. The molecule has 2 N–H and O–H groups in total. The van der Waals surface area contributed by atoms with Crippen LogP contribution in [-0.4, -0.2) is 37.3 Å². The number of carbonyl (C=O) groups excluding carboxylic acids is 1. The SMILES string of the molecule is COc1cc(CNCC(=O)NCC(F)(F)F)ccn1. The van der Waals surface area contributed by atoms with E-state index in [-0.39, 0.29) is 6.54 Å². The second kappa shape index (κ2) is 6.93. The van der Waals surface area contributed by atoms with Gasteiger partial charge in [0.1, 0.15) is 6.54 Å². The summed E-state index contributed by atoms with van der Waals surface area (Å²) in [5.74, 6) is -0.279. The number of carbonyl (C=O) groups is 1. The molecule has 8 heteroatoms. The lowest BCUT2D eigenvalue weighted by Crippen LogP contribution is -2.39. The Kier molecular flexibility index (Phi) is 5.56. The van der Waals surface area contributed by atoms with E-state index >= 15 is 0 Å². The number of pyridine rings is 1. The molecule has 0 spiro atoms. The molecule has 0 saturated heterocycles. The third kappa shape index (κ3) is 6.61. The predicted octanol–water partition coefficient (Wildman–Crippen LogP) is 0.858. The van der Waals surface area contributed by atoms with Crippen LogP contribution in [-0.2, 0) is 11.3 Å². The third-order valence-corrected chi connectivity index (χ3v) is 2.11. The van der Waals surface area contributed by atoms with Gasteiger partial charge in [0.15, 0.2) is 0 Å². The Morgan fingerprint density at radius 1 is 1.47 bits per heavy atom.